The Hall–Kier alpha value is -1.92. The fraction of sp³-hybridized carbons (Fsp3) is 0.471. The van der Waals surface area contributed by atoms with Crippen molar-refractivity contribution in [2.24, 2.45) is 0 Å². The highest BCUT2D eigenvalue weighted by Crippen LogP contribution is 2.30. The second-order valence-corrected chi connectivity index (χ2v) is 6.73. The van der Waals surface area contributed by atoms with Gasteiger partial charge in [-0.1, -0.05) is 11.6 Å². The molecule has 0 radical (unpaired) electrons. The number of aromatic nitrogens is 4. The van der Waals surface area contributed by atoms with Crippen LogP contribution in [0.15, 0.2) is 35.3 Å². The molecule has 0 unspecified atom stereocenters. The summed E-state index contributed by atoms with van der Waals surface area (Å²) in [6, 6.07) is 5.60. The van der Waals surface area contributed by atoms with Gasteiger partial charge in [-0.3, -0.25) is 4.68 Å². The van der Waals surface area contributed by atoms with E-state index in [1.54, 1.807) is 12.7 Å². The first kappa shape index (κ1) is 15.6. The van der Waals surface area contributed by atoms with Gasteiger partial charge < -0.3 is 9.32 Å². The normalized spacial score (nSPS) is 16.9. The first-order valence-electron chi connectivity index (χ1n) is 8.39. The van der Waals surface area contributed by atoms with E-state index in [1.165, 1.54) is 0 Å². The van der Waals surface area contributed by atoms with Crippen molar-refractivity contribution in [3.8, 4) is 0 Å². The second-order valence-electron chi connectivity index (χ2n) is 6.29. The van der Waals surface area contributed by atoms with Crippen molar-refractivity contribution in [3.05, 3.63) is 41.8 Å². The molecular formula is C17H20ClN5O. The van der Waals surface area contributed by atoms with Crippen molar-refractivity contribution in [2.75, 3.05) is 19.6 Å². The summed E-state index contributed by atoms with van der Waals surface area (Å²) in [4.78, 5) is 11.1. The molecule has 1 aromatic carbocycles. The van der Waals surface area contributed by atoms with Gasteiger partial charge in [0.2, 0.25) is 0 Å². The number of benzene rings is 1. The van der Waals surface area contributed by atoms with Gasteiger partial charge in [-0.25, -0.2) is 9.97 Å². The Balaban J connectivity index is 1.30. The molecule has 2 aromatic heterocycles. The maximum absolute atomic E-state index is 6.02. The van der Waals surface area contributed by atoms with Crippen LogP contribution >= 0.6 is 11.6 Å². The Bertz CT molecular complexity index is 793. The lowest BCUT2D eigenvalue weighted by atomic mass is 9.97. The molecule has 0 spiro atoms. The largest absolute Gasteiger partial charge is 0.440 e. The lowest BCUT2D eigenvalue weighted by Gasteiger charge is -2.30. The van der Waals surface area contributed by atoms with Crippen LogP contribution in [-0.4, -0.2) is 44.3 Å². The number of hydrogen-bond acceptors (Lipinski definition) is 5. The molecule has 1 saturated heterocycles. The Morgan fingerprint density at radius 3 is 2.88 bits per heavy atom. The summed E-state index contributed by atoms with van der Waals surface area (Å²) in [6.45, 7) is 4.19. The number of halogens is 1. The molecule has 4 rings (SSSR count). The summed E-state index contributed by atoms with van der Waals surface area (Å²) in [5.41, 5.74) is 1.68. The smallest absolute Gasteiger partial charge is 0.198 e. The molecule has 0 N–H and O–H groups in total. The topological polar surface area (TPSA) is 60.0 Å². The average Bonchev–Trinajstić information content (AvgIpc) is 3.24. The Morgan fingerprint density at radius 1 is 1.21 bits per heavy atom. The van der Waals surface area contributed by atoms with E-state index in [-0.39, 0.29) is 0 Å². The predicted octanol–water partition coefficient (Wildman–Crippen LogP) is 3.34. The summed E-state index contributed by atoms with van der Waals surface area (Å²) in [5, 5.41) is 4.83. The first-order chi connectivity index (χ1) is 11.8. The van der Waals surface area contributed by atoms with E-state index in [9.17, 15) is 0 Å². The number of piperidine rings is 1. The molecule has 7 heteroatoms. The molecular weight excluding hydrogens is 326 g/mol. The molecule has 1 fully saturated rings. The molecule has 126 valence electrons. The third kappa shape index (κ3) is 3.44. The Morgan fingerprint density at radius 2 is 2.08 bits per heavy atom. The summed E-state index contributed by atoms with van der Waals surface area (Å²) in [6.07, 6.45) is 6.62. The summed E-state index contributed by atoms with van der Waals surface area (Å²) in [7, 11) is 0. The summed E-state index contributed by atoms with van der Waals surface area (Å²) < 4.78 is 7.81. The van der Waals surface area contributed by atoms with Crippen LogP contribution in [0.4, 0.5) is 0 Å². The summed E-state index contributed by atoms with van der Waals surface area (Å²) >= 11 is 6.02. The number of nitrogens with zero attached hydrogens (tertiary/aromatic N) is 5. The van der Waals surface area contributed by atoms with Crippen LogP contribution in [0.1, 0.15) is 31.1 Å². The average molecular weight is 346 g/mol. The molecule has 3 heterocycles. The van der Waals surface area contributed by atoms with Crippen LogP contribution < -0.4 is 0 Å². The molecule has 0 bridgehead atoms. The van der Waals surface area contributed by atoms with Gasteiger partial charge in [0.15, 0.2) is 11.5 Å². The Labute approximate surface area is 145 Å². The van der Waals surface area contributed by atoms with Gasteiger partial charge in [-0.15, -0.1) is 0 Å². The molecule has 3 aromatic rings. The van der Waals surface area contributed by atoms with E-state index in [0.717, 1.165) is 62.4 Å². The van der Waals surface area contributed by atoms with E-state index in [0.29, 0.717) is 10.9 Å². The quantitative estimate of drug-likeness (QED) is 0.709. The fourth-order valence-corrected chi connectivity index (χ4v) is 3.47. The standard InChI is InChI=1S/C17H20ClN5O/c18-14-2-3-16-15(10-14)21-17(24-16)13-4-8-22(9-5-13)6-1-7-23-12-19-11-20-23/h2-3,10-13H,1,4-9H2. The minimum absolute atomic E-state index is 0.405. The Kier molecular flexibility index (Phi) is 4.49. The van der Waals surface area contributed by atoms with Crippen molar-refractivity contribution in [2.45, 2.75) is 31.7 Å². The molecule has 0 atom stereocenters. The maximum Gasteiger partial charge on any atom is 0.198 e. The second kappa shape index (κ2) is 6.91. The van der Waals surface area contributed by atoms with Crippen LogP contribution in [0.3, 0.4) is 0 Å². The van der Waals surface area contributed by atoms with Gasteiger partial charge in [0.25, 0.3) is 0 Å². The lowest BCUT2D eigenvalue weighted by Crippen LogP contribution is -2.34. The number of likely N-dealkylation sites (tertiary alicyclic amines) is 1. The molecule has 0 amide bonds. The number of fused-ring (bicyclic) bond motifs is 1. The van der Waals surface area contributed by atoms with Crippen LogP contribution in [0.5, 0.6) is 0 Å². The highest BCUT2D eigenvalue weighted by Gasteiger charge is 2.24. The van der Waals surface area contributed by atoms with E-state index in [4.69, 9.17) is 16.0 Å². The molecule has 1 aliphatic rings. The minimum Gasteiger partial charge on any atom is -0.440 e. The van der Waals surface area contributed by atoms with Crippen molar-refractivity contribution >= 4 is 22.7 Å². The first-order valence-corrected chi connectivity index (χ1v) is 8.76. The van der Waals surface area contributed by atoms with Crippen molar-refractivity contribution < 1.29 is 4.42 Å². The third-order valence-corrected chi connectivity index (χ3v) is 4.87. The number of rotatable bonds is 5. The highest BCUT2D eigenvalue weighted by molar-refractivity contribution is 6.31. The molecule has 6 nitrogen and oxygen atoms in total. The SMILES string of the molecule is Clc1ccc2oc(C3CCN(CCCn4cncn4)CC3)nc2c1. The molecule has 1 aliphatic heterocycles. The van der Waals surface area contributed by atoms with Gasteiger partial charge in [0.1, 0.15) is 18.2 Å². The molecule has 24 heavy (non-hydrogen) atoms. The van der Waals surface area contributed by atoms with Gasteiger partial charge in [0.05, 0.1) is 0 Å². The fourth-order valence-electron chi connectivity index (χ4n) is 3.30. The van der Waals surface area contributed by atoms with Gasteiger partial charge in [-0.2, -0.15) is 5.10 Å². The van der Waals surface area contributed by atoms with E-state index in [1.807, 2.05) is 22.9 Å². The predicted molar refractivity (Wildman–Crippen MR) is 92.1 cm³/mol. The summed E-state index contributed by atoms with van der Waals surface area (Å²) in [5.74, 6) is 1.26. The van der Waals surface area contributed by atoms with Gasteiger partial charge in [0, 0.05) is 17.5 Å². The number of oxazole rings is 1. The number of hydrogen-bond donors (Lipinski definition) is 0. The van der Waals surface area contributed by atoms with Crippen molar-refractivity contribution in [1.29, 1.82) is 0 Å². The molecule has 0 aliphatic carbocycles. The van der Waals surface area contributed by atoms with E-state index >= 15 is 0 Å². The van der Waals surface area contributed by atoms with Crippen molar-refractivity contribution in [1.82, 2.24) is 24.6 Å². The third-order valence-electron chi connectivity index (χ3n) is 4.63. The maximum atomic E-state index is 6.02. The number of aryl methyl sites for hydroxylation is 1. The van der Waals surface area contributed by atoms with E-state index < -0.39 is 0 Å². The van der Waals surface area contributed by atoms with Crippen LogP contribution in [0, 0.1) is 0 Å². The zero-order valence-corrected chi connectivity index (χ0v) is 14.2. The minimum atomic E-state index is 0.405. The zero-order chi connectivity index (χ0) is 16.4. The van der Waals surface area contributed by atoms with Crippen LogP contribution in [0.2, 0.25) is 5.02 Å². The monoisotopic (exact) mass is 345 g/mol. The van der Waals surface area contributed by atoms with Crippen molar-refractivity contribution in [3.63, 3.8) is 0 Å². The zero-order valence-electron chi connectivity index (χ0n) is 13.4. The van der Waals surface area contributed by atoms with Gasteiger partial charge >= 0.3 is 0 Å². The molecule has 0 saturated carbocycles. The van der Waals surface area contributed by atoms with Crippen LogP contribution in [-0.2, 0) is 6.54 Å². The van der Waals surface area contributed by atoms with E-state index in [2.05, 4.69) is 20.0 Å². The van der Waals surface area contributed by atoms with Crippen LogP contribution in [0.25, 0.3) is 11.1 Å². The lowest BCUT2D eigenvalue weighted by molar-refractivity contribution is 0.196. The van der Waals surface area contributed by atoms with Gasteiger partial charge in [-0.05, 0) is 57.1 Å². The highest BCUT2D eigenvalue weighted by atomic mass is 35.5.